The van der Waals surface area contributed by atoms with Gasteiger partial charge in [-0.05, 0) is 58.0 Å². The quantitative estimate of drug-likeness (QED) is 0.301. The molecule has 5 heterocycles. The van der Waals surface area contributed by atoms with Gasteiger partial charge in [0, 0.05) is 40.2 Å². The smallest absolute Gasteiger partial charge is 0.169 e. The summed E-state index contributed by atoms with van der Waals surface area (Å²) in [5.41, 5.74) is 6.62. The van der Waals surface area contributed by atoms with Crippen molar-refractivity contribution in [3.8, 4) is 21.6 Å². The van der Waals surface area contributed by atoms with Crippen LogP contribution in [0.3, 0.4) is 0 Å². The van der Waals surface area contributed by atoms with Crippen LogP contribution in [0.4, 0.5) is 0 Å². The van der Waals surface area contributed by atoms with Crippen LogP contribution in [-0.4, -0.2) is 25.5 Å². The Bertz CT molecular complexity index is 1430. The van der Waals surface area contributed by atoms with Gasteiger partial charge in [0.2, 0.25) is 0 Å². The molecule has 0 saturated carbocycles. The Morgan fingerprint density at radius 3 is 2.66 bits per heavy atom. The number of aryl methyl sites for hydroxylation is 2. The number of ketones is 1. The molecule has 0 aliphatic rings. The van der Waals surface area contributed by atoms with E-state index >= 15 is 0 Å². The lowest BCUT2D eigenvalue weighted by molar-refractivity contribution is 0.102. The van der Waals surface area contributed by atoms with E-state index in [2.05, 4.69) is 33.9 Å². The molecule has 0 aliphatic carbocycles. The first-order valence-corrected chi connectivity index (χ1v) is 11.2. The molecule has 0 N–H and O–H groups in total. The Morgan fingerprint density at radius 2 is 2.00 bits per heavy atom. The number of rotatable bonds is 5. The molecule has 0 amide bonds. The van der Waals surface area contributed by atoms with Gasteiger partial charge in [0.1, 0.15) is 5.76 Å². The van der Waals surface area contributed by atoms with Gasteiger partial charge >= 0.3 is 0 Å². The standard InChI is InChI=1S/C25H22N4O2S/c1-14-24(17(4)31-28-14)18-11-21-25(27-12-18)19(23-9-8-22(32-23)16(3)30)13-29(21)15(2)20-7-5-6-10-26-20/h5-13,15H,1-4H3/t15-/m0/s1. The molecule has 32 heavy (non-hydrogen) atoms. The van der Waals surface area contributed by atoms with Gasteiger partial charge in [-0.3, -0.25) is 14.8 Å². The summed E-state index contributed by atoms with van der Waals surface area (Å²) in [7, 11) is 0. The van der Waals surface area contributed by atoms with Crippen molar-refractivity contribution in [3.05, 3.63) is 77.0 Å². The Labute approximate surface area is 189 Å². The van der Waals surface area contributed by atoms with Crippen LogP contribution in [0.2, 0.25) is 0 Å². The lowest BCUT2D eigenvalue weighted by atomic mass is 10.1. The monoisotopic (exact) mass is 442 g/mol. The first-order valence-electron chi connectivity index (χ1n) is 10.4. The third kappa shape index (κ3) is 3.35. The second kappa shape index (κ2) is 7.84. The molecule has 0 saturated heterocycles. The van der Waals surface area contributed by atoms with Gasteiger partial charge in [0.15, 0.2) is 5.78 Å². The lowest BCUT2D eigenvalue weighted by Gasteiger charge is -2.15. The van der Waals surface area contributed by atoms with Crippen molar-refractivity contribution in [2.45, 2.75) is 33.7 Å². The van der Waals surface area contributed by atoms with Gasteiger partial charge in [-0.1, -0.05) is 11.2 Å². The summed E-state index contributed by atoms with van der Waals surface area (Å²) >= 11 is 1.49. The number of carbonyl (C=O) groups excluding carboxylic acids is 1. The van der Waals surface area contributed by atoms with E-state index in [0.717, 1.165) is 54.6 Å². The summed E-state index contributed by atoms with van der Waals surface area (Å²) in [6, 6.07) is 12.0. The Kier molecular flexibility index (Phi) is 4.98. The summed E-state index contributed by atoms with van der Waals surface area (Å²) in [6.45, 7) is 7.57. The number of pyridine rings is 2. The Balaban J connectivity index is 1.74. The van der Waals surface area contributed by atoms with E-state index in [0.29, 0.717) is 0 Å². The zero-order chi connectivity index (χ0) is 22.4. The number of fused-ring (bicyclic) bond motifs is 1. The maximum Gasteiger partial charge on any atom is 0.169 e. The molecule has 0 spiro atoms. The molecule has 0 bridgehead atoms. The minimum atomic E-state index is 0.00130. The first kappa shape index (κ1) is 20.3. The topological polar surface area (TPSA) is 73.8 Å². The predicted molar refractivity (Wildman–Crippen MR) is 126 cm³/mol. The minimum Gasteiger partial charge on any atom is -0.361 e. The number of hydrogen-bond acceptors (Lipinski definition) is 6. The SMILES string of the molecule is CC(=O)c1ccc(-c2cn([C@@H](C)c3ccccn3)c3cc(-c4c(C)noc4C)cnc23)s1. The first-order chi connectivity index (χ1) is 15.4. The summed E-state index contributed by atoms with van der Waals surface area (Å²) in [5.74, 6) is 0.838. The molecule has 0 fully saturated rings. The van der Waals surface area contributed by atoms with E-state index in [1.165, 1.54) is 11.3 Å². The average molecular weight is 443 g/mol. The lowest BCUT2D eigenvalue weighted by Crippen LogP contribution is -2.07. The molecular formula is C25H22N4O2S. The van der Waals surface area contributed by atoms with Crippen LogP contribution in [0.25, 0.3) is 32.6 Å². The van der Waals surface area contributed by atoms with E-state index in [1.54, 1.807) is 6.92 Å². The van der Waals surface area contributed by atoms with Crippen LogP contribution < -0.4 is 0 Å². The summed E-state index contributed by atoms with van der Waals surface area (Å²) < 4.78 is 7.59. The van der Waals surface area contributed by atoms with Gasteiger partial charge in [0.25, 0.3) is 0 Å². The van der Waals surface area contributed by atoms with Gasteiger partial charge in [-0.2, -0.15) is 0 Å². The molecule has 5 aromatic heterocycles. The molecule has 1 atom stereocenters. The zero-order valence-corrected chi connectivity index (χ0v) is 19.1. The van der Waals surface area contributed by atoms with Crippen molar-refractivity contribution >= 4 is 28.2 Å². The highest BCUT2D eigenvalue weighted by molar-refractivity contribution is 7.17. The van der Waals surface area contributed by atoms with E-state index in [-0.39, 0.29) is 11.8 Å². The van der Waals surface area contributed by atoms with E-state index in [1.807, 2.05) is 56.6 Å². The summed E-state index contributed by atoms with van der Waals surface area (Å²) in [6.07, 6.45) is 5.79. The van der Waals surface area contributed by atoms with Crippen molar-refractivity contribution in [3.63, 3.8) is 0 Å². The van der Waals surface area contributed by atoms with Gasteiger partial charge in [-0.15, -0.1) is 11.3 Å². The van der Waals surface area contributed by atoms with Crippen molar-refractivity contribution < 1.29 is 9.32 Å². The van der Waals surface area contributed by atoms with Crippen molar-refractivity contribution in [1.29, 1.82) is 0 Å². The fraction of sp³-hybridized carbons (Fsp3) is 0.200. The Morgan fingerprint density at radius 1 is 1.16 bits per heavy atom. The number of thiophene rings is 1. The number of aromatic nitrogens is 4. The summed E-state index contributed by atoms with van der Waals surface area (Å²) in [5, 5.41) is 4.10. The van der Waals surface area contributed by atoms with Crippen molar-refractivity contribution in [2.24, 2.45) is 0 Å². The molecule has 5 rings (SSSR count). The highest BCUT2D eigenvalue weighted by atomic mass is 32.1. The molecule has 0 radical (unpaired) electrons. The Hall–Kier alpha value is -3.58. The second-order valence-corrected chi connectivity index (χ2v) is 8.98. The molecule has 0 aromatic carbocycles. The average Bonchev–Trinajstić information content (AvgIpc) is 3.50. The van der Waals surface area contributed by atoms with Gasteiger partial charge in [-0.25, -0.2) is 0 Å². The van der Waals surface area contributed by atoms with Crippen molar-refractivity contribution in [1.82, 2.24) is 19.7 Å². The molecule has 0 aliphatic heterocycles. The highest BCUT2D eigenvalue weighted by Crippen LogP contribution is 2.38. The normalized spacial score (nSPS) is 12.4. The number of Topliss-reactive ketones (excluding diaryl/α,β-unsaturated/α-hetero) is 1. The van der Waals surface area contributed by atoms with Gasteiger partial charge < -0.3 is 9.09 Å². The third-order valence-corrected chi connectivity index (χ3v) is 6.96. The number of carbonyl (C=O) groups is 1. The molecule has 0 unspecified atom stereocenters. The van der Waals surface area contributed by atoms with Crippen LogP contribution in [0.1, 0.15) is 46.7 Å². The highest BCUT2D eigenvalue weighted by Gasteiger charge is 2.21. The van der Waals surface area contributed by atoms with Crippen LogP contribution in [-0.2, 0) is 0 Å². The van der Waals surface area contributed by atoms with E-state index < -0.39 is 0 Å². The van der Waals surface area contributed by atoms with Crippen LogP contribution in [0, 0.1) is 13.8 Å². The predicted octanol–water partition coefficient (Wildman–Crippen LogP) is 6.24. The maximum atomic E-state index is 11.9. The van der Waals surface area contributed by atoms with Crippen molar-refractivity contribution in [2.75, 3.05) is 0 Å². The largest absolute Gasteiger partial charge is 0.361 e. The molecule has 7 heteroatoms. The number of nitrogens with zero attached hydrogens (tertiary/aromatic N) is 4. The fourth-order valence-electron chi connectivity index (χ4n) is 4.10. The minimum absolute atomic E-state index is 0.00130. The van der Waals surface area contributed by atoms with E-state index in [9.17, 15) is 4.79 Å². The molecule has 6 nitrogen and oxygen atoms in total. The third-order valence-electron chi connectivity index (χ3n) is 5.74. The van der Waals surface area contributed by atoms with Crippen LogP contribution in [0.15, 0.2) is 59.5 Å². The maximum absolute atomic E-state index is 11.9. The van der Waals surface area contributed by atoms with Gasteiger partial charge in [0.05, 0.1) is 33.3 Å². The number of hydrogen-bond donors (Lipinski definition) is 0. The zero-order valence-electron chi connectivity index (χ0n) is 18.3. The molecule has 160 valence electrons. The van der Waals surface area contributed by atoms with E-state index in [4.69, 9.17) is 9.51 Å². The summed E-state index contributed by atoms with van der Waals surface area (Å²) in [4.78, 5) is 23.0. The van der Waals surface area contributed by atoms with Crippen LogP contribution >= 0.6 is 11.3 Å². The molecular weight excluding hydrogens is 420 g/mol. The second-order valence-electron chi connectivity index (χ2n) is 7.89. The fourth-order valence-corrected chi connectivity index (χ4v) is 5.01. The molecule has 5 aromatic rings. The van der Waals surface area contributed by atoms with Crippen LogP contribution in [0.5, 0.6) is 0 Å².